The number of aromatic nitrogens is 1. The van der Waals surface area contributed by atoms with Gasteiger partial charge in [0.15, 0.2) is 0 Å². The van der Waals surface area contributed by atoms with Crippen LogP contribution in [0.1, 0.15) is 11.6 Å². The highest BCUT2D eigenvalue weighted by molar-refractivity contribution is 5.83. The second-order valence-electron chi connectivity index (χ2n) is 4.56. The lowest BCUT2D eigenvalue weighted by Crippen LogP contribution is -2.43. The molecule has 1 fully saturated rings. The van der Waals surface area contributed by atoms with Crippen LogP contribution in [-0.4, -0.2) is 36.6 Å². The third-order valence-corrected chi connectivity index (χ3v) is 3.38. The zero-order valence-corrected chi connectivity index (χ0v) is 9.53. The van der Waals surface area contributed by atoms with E-state index in [1.807, 2.05) is 0 Å². The van der Waals surface area contributed by atoms with Gasteiger partial charge in [-0.05, 0) is 18.7 Å². The predicted octanol–water partition coefficient (Wildman–Crippen LogP) is 1.74. The molecule has 1 unspecified atom stereocenters. The van der Waals surface area contributed by atoms with E-state index >= 15 is 0 Å². The molecule has 0 bridgehead atoms. The molecule has 0 spiro atoms. The summed E-state index contributed by atoms with van der Waals surface area (Å²) in [4.78, 5) is 5.72. The number of nitrogens with zero attached hydrogens (tertiary/aromatic N) is 1. The van der Waals surface area contributed by atoms with E-state index in [-0.39, 0.29) is 0 Å². The van der Waals surface area contributed by atoms with Gasteiger partial charge in [-0.2, -0.15) is 0 Å². The Bertz CT molecular complexity index is 489. The van der Waals surface area contributed by atoms with Crippen molar-refractivity contribution in [3.05, 3.63) is 36.0 Å². The first kappa shape index (κ1) is 9.87. The summed E-state index contributed by atoms with van der Waals surface area (Å²) in [5.41, 5.74) is 2.62. The molecule has 1 atom stereocenters. The Morgan fingerprint density at radius 2 is 2.19 bits per heavy atom. The van der Waals surface area contributed by atoms with Gasteiger partial charge in [0.2, 0.25) is 0 Å². The molecule has 3 heteroatoms. The number of piperazine rings is 1. The van der Waals surface area contributed by atoms with E-state index in [0.717, 1.165) is 19.6 Å². The van der Waals surface area contributed by atoms with Gasteiger partial charge < -0.3 is 15.2 Å². The maximum Gasteiger partial charge on any atom is 0.0470 e. The normalized spacial score (nSPS) is 22.7. The monoisotopic (exact) mass is 215 g/mol. The number of benzene rings is 1. The van der Waals surface area contributed by atoms with E-state index in [1.54, 1.807) is 0 Å². The first-order valence-corrected chi connectivity index (χ1v) is 5.82. The second-order valence-corrected chi connectivity index (χ2v) is 4.56. The van der Waals surface area contributed by atoms with Crippen LogP contribution >= 0.6 is 0 Å². The molecule has 2 N–H and O–H groups in total. The molecule has 3 nitrogen and oxygen atoms in total. The highest BCUT2D eigenvalue weighted by atomic mass is 15.2. The molecular formula is C13H17N3. The van der Waals surface area contributed by atoms with E-state index < -0.39 is 0 Å². The van der Waals surface area contributed by atoms with Crippen LogP contribution in [0.2, 0.25) is 0 Å². The molecule has 2 heterocycles. The number of fused-ring (bicyclic) bond motifs is 1. The smallest absolute Gasteiger partial charge is 0.0470 e. The van der Waals surface area contributed by atoms with E-state index in [1.165, 1.54) is 16.5 Å². The van der Waals surface area contributed by atoms with Gasteiger partial charge >= 0.3 is 0 Å². The Kier molecular flexibility index (Phi) is 2.42. The maximum absolute atomic E-state index is 3.58. The minimum atomic E-state index is 0.454. The molecule has 1 saturated heterocycles. The number of hydrogen-bond donors (Lipinski definition) is 2. The fraction of sp³-hybridized carbons (Fsp3) is 0.385. The number of nitrogens with one attached hydrogen (secondary N) is 2. The maximum atomic E-state index is 3.58. The first-order chi connectivity index (χ1) is 7.84. The molecule has 0 aliphatic carbocycles. The fourth-order valence-electron chi connectivity index (χ4n) is 2.49. The zero-order chi connectivity index (χ0) is 11.0. The Morgan fingerprint density at radius 1 is 1.31 bits per heavy atom. The highest BCUT2D eigenvalue weighted by Crippen LogP contribution is 2.25. The quantitative estimate of drug-likeness (QED) is 0.759. The Hall–Kier alpha value is -1.32. The highest BCUT2D eigenvalue weighted by Gasteiger charge is 2.20. The number of para-hydroxylation sites is 1. The van der Waals surface area contributed by atoms with Crippen molar-refractivity contribution in [2.45, 2.75) is 6.04 Å². The molecule has 0 amide bonds. The first-order valence-electron chi connectivity index (χ1n) is 5.82. The molecule has 0 saturated carbocycles. The lowest BCUT2D eigenvalue weighted by Gasteiger charge is -2.30. The third kappa shape index (κ3) is 1.62. The number of H-pyrrole nitrogens is 1. The van der Waals surface area contributed by atoms with Crippen molar-refractivity contribution in [2.75, 3.05) is 26.7 Å². The van der Waals surface area contributed by atoms with Gasteiger partial charge in [0.05, 0.1) is 0 Å². The van der Waals surface area contributed by atoms with Gasteiger partial charge in [-0.3, -0.25) is 0 Å². The van der Waals surface area contributed by atoms with Gasteiger partial charge in [-0.15, -0.1) is 0 Å². The minimum Gasteiger partial charge on any atom is -0.361 e. The summed E-state index contributed by atoms with van der Waals surface area (Å²) in [5.74, 6) is 0. The van der Waals surface area contributed by atoms with Crippen molar-refractivity contribution in [3.8, 4) is 0 Å². The summed E-state index contributed by atoms with van der Waals surface area (Å²) in [5, 5.41) is 4.93. The summed E-state index contributed by atoms with van der Waals surface area (Å²) in [7, 11) is 2.18. The minimum absolute atomic E-state index is 0.454. The van der Waals surface area contributed by atoms with Crippen LogP contribution in [0.25, 0.3) is 10.9 Å². The van der Waals surface area contributed by atoms with E-state index in [4.69, 9.17) is 0 Å². The molecule has 1 aromatic heterocycles. The molecule has 1 aliphatic rings. The number of hydrogen-bond acceptors (Lipinski definition) is 2. The third-order valence-electron chi connectivity index (χ3n) is 3.38. The van der Waals surface area contributed by atoms with Gasteiger partial charge in [0, 0.05) is 42.8 Å². The van der Waals surface area contributed by atoms with Crippen LogP contribution in [-0.2, 0) is 0 Å². The van der Waals surface area contributed by atoms with E-state index in [9.17, 15) is 0 Å². The standard InChI is InChI=1S/C13H17N3/c1-16-7-6-14-13(9-16)11-8-15-12-5-3-2-4-10(11)12/h2-5,8,13-15H,6-7,9H2,1H3. The molecule has 1 aliphatic heterocycles. The lowest BCUT2D eigenvalue weighted by atomic mass is 10.0. The van der Waals surface area contributed by atoms with Gasteiger partial charge in [-0.25, -0.2) is 0 Å². The van der Waals surface area contributed by atoms with Crippen molar-refractivity contribution in [2.24, 2.45) is 0 Å². The Morgan fingerprint density at radius 3 is 3.06 bits per heavy atom. The largest absolute Gasteiger partial charge is 0.361 e. The number of aromatic amines is 1. The summed E-state index contributed by atoms with van der Waals surface area (Å²) in [6.07, 6.45) is 2.14. The second kappa shape index (κ2) is 3.92. The lowest BCUT2D eigenvalue weighted by molar-refractivity contribution is 0.241. The predicted molar refractivity (Wildman–Crippen MR) is 66.5 cm³/mol. The molecular weight excluding hydrogens is 198 g/mol. The van der Waals surface area contributed by atoms with Crippen LogP contribution in [0.4, 0.5) is 0 Å². The summed E-state index contributed by atoms with van der Waals surface area (Å²) < 4.78 is 0. The molecule has 84 valence electrons. The van der Waals surface area contributed by atoms with Crippen LogP contribution in [0.5, 0.6) is 0 Å². The summed E-state index contributed by atoms with van der Waals surface area (Å²) in [6.45, 7) is 3.29. The van der Waals surface area contributed by atoms with Crippen molar-refractivity contribution in [1.29, 1.82) is 0 Å². The molecule has 1 aromatic carbocycles. The van der Waals surface area contributed by atoms with Crippen LogP contribution in [0.3, 0.4) is 0 Å². The fourth-order valence-corrected chi connectivity index (χ4v) is 2.49. The Labute approximate surface area is 95.5 Å². The van der Waals surface area contributed by atoms with Crippen molar-refractivity contribution in [1.82, 2.24) is 15.2 Å². The van der Waals surface area contributed by atoms with E-state index in [2.05, 4.69) is 52.7 Å². The topological polar surface area (TPSA) is 31.1 Å². The van der Waals surface area contributed by atoms with Crippen LogP contribution in [0.15, 0.2) is 30.5 Å². The average molecular weight is 215 g/mol. The van der Waals surface area contributed by atoms with Crippen molar-refractivity contribution in [3.63, 3.8) is 0 Å². The summed E-state index contributed by atoms with van der Waals surface area (Å²) >= 11 is 0. The van der Waals surface area contributed by atoms with Crippen molar-refractivity contribution < 1.29 is 0 Å². The van der Waals surface area contributed by atoms with Gasteiger partial charge in [0.25, 0.3) is 0 Å². The zero-order valence-electron chi connectivity index (χ0n) is 9.53. The number of likely N-dealkylation sites (N-methyl/N-ethyl adjacent to an activating group) is 1. The van der Waals surface area contributed by atoms with Gasteiger partial charge in [-0.1, -0.05) is 18.2 Å². The Balaban J connectivity index is 1.99. The summed E-state index contributed by atoms with van der Waals surface area (Å²) in [6, 6.07) is 8.95. The van der Waals surface area contributed by atoms with Gasteiger partial charge in [0.1, 0.15) is 0 Å². The SMILES string of the molecule is CN1CCNC(c2c[nH]c3ccccc23)C1. The van der Waals surface area contributed by atoms with E-state index in [0.29, 0.717) is 6.04 Å². The number of rotatable bonds is 1. The van der Waals surface area contributed by atoms with Crippen molar-refractivity contribution >= 4 is 10.9 Å². The molecule has 0 radical (unpaired) electrons. The molecule has 3 rings (SSSR count). The molecule has 16 heavy (non-hydrogen) atoms. The average Bonchev–Trinajstić information content (AvgIpc) is 2.72. The molecule has 2 aromatic rings. The van der Waals surface area contributed by atoms with Crippen LogP contribution in [0, 0.1) is 0 Å². The van der Waals surface area contributed by atoms with Crippen LogP contribution < -0.4 is 5.32 Å².